The quantitative estimate of drug-likeness (QED) is 0.721. The number of amides is 1. The van der Waals surface area contributed by atoms with Gasteiger partial charge in [-0.25, -0.2) is 9.50 Å². The summed E-state index contributed by atoms with van der Waals surface area (Å²) >= 11 is 1.73. The largest absolute Gasteiger partial charge is 0.343 e. The van der Waals surface area contributed by atoms with Crippen LogP contribution in [0.25, 0.3) is 5.65 Å². The molecular formula is C19H22N4OS. The number of rotatable bonds is 4. The first-order chi connectivity index (χ1) is 12.2. The van der Waals surface area contributed by atoms with Gasteiger partial charge in [0.05, 0.1) is 5.69 Å². The van der Waals surface area contributed by atoms with Gasteiger partial charge >= 0.3 is 0 Å². The first kappa shape index (κ1) is 16.3. The third kappa shape index (κ3) is 3.44. The second-order valence-corrected chi connectivity index (χ2v) is 7.69. The number of piperidine rings is 1. The Balaban J connectivity index is 1.38. The van der Waals surface area contributed by atoms with E-state index in [-0.39, 0.29) is 5.91 Å². The Morgan fingerprint density at radius 1 is 1.32 bits per heavy atom. The van der Waals surface area contributed by atoms with Crippen molar-refractivity contribution in [1.29, 1.82) is 0 Å². The fourth-order valence-electron chi connectivity index (χ4n) is 3.61. The molecule has 25 heavy (non-hydrogen) atoms. The Morgan fingerprint density at radius 2 is 2.16 bits per heavy atom. The average Bonchev–Trinajstić information content (AvgIpc) is 3.27. The second kappa shape index (κ2) is 6.96. The highest BCUT2D eigenvalue weighted by Gasteiger charge is 2.25. The van der Waals surface area contributed by atoms with Crippen LogP contribution in [-0.4, -0.2) is 38.5 Å². The van der Waals surface area contributed by atoms with Crippen LogP contribution in [0.15, 0.2) is 35.8 Å². The maximum absolute atomic E-state index is 12.5. The van der Waals surface area contributed by atoms with Crippen molar-refractivity contribution in [1.82, 2.24) is 19.5 Å². The van der Waals surface area contributed by atoms with E-state index in [4.69, 9.17) is 0 Å². The molecule has 1 aliphatic heterocycles. The van der Waals surface area contributed by atoms with Gasteiger partial charge in [0, 0.05) is 48.3 Å². The number of fused-ring (bicyclic) bond motifs is 1. The third-order valence-corrected chi connectivity index (χ3v) is 5.88. The maximum Gasteiger partial charge on any atom is 0.222 e. The molecule has 1 aliphatic rings. The summed E-state index contributed by atoms with van der Waals surface area (Å²) in [4.78, 5) is 20.2. The Labute approximate surface area is 151 Å². The van der Waals surface area contributed by atoms with Crippen molar-refractivity contribution in [2.75, 3.05) is 13.1 Å². The number of hydrogen-bond donors (Lipinski definition) is 0. The number of likely N-dealkylation sites (tertiary alicyclic amines) is 1. The molecule has 130 valence electrons. The number of thiophene rings is 1. The number of aromatic nitrogens is 3. The molecule has 6 heteroatoms. The summed E-state index contributed by atoms with van der Waals surface area (Å²) in [5.74, 6) is 0.716. The lowest BCUT2D eigenvalue weighted by Crippen LogP contribution is -2.38. The summed E-state index contributed by atoms with van der Waals surface area (Å²) < 4.78 is 1.97. The van der Waals surface area contributed by atoms with Crippen molar-refractivity contribution >= 4 is 22.9 Å². The van der Waals surface area contributed by atoms with Crippen LogP contribution in [0.4, 0.5) is 0 Å². The summed E-state index contributed by atoms with van der Waals surface area (Å²) in [6.07, 6.45) is 5.31. The van der Waals surface area contributed by atoms with Crippen LogP contribution in [0.3, 0.4) is 0 Å². The van der Waals surface area contributed by atoms with Crippen LogP contribution >= 0.6 is 11.3 Å². The zero-order valence-electron chi connectivity index (χ0n) is 14.4. The fraction of sp³-hybridized carbons (Fsp3) is 0.421. The smallest absolute Gasteiger partial charge is 0.222 e. The van der Waals surface area contributed by atoms with Gasteiger partial charge in [-0.3, -0.25) is 4.79 Å². The molecule has 0 radical (unpaired) electrons. The molecule has 4 rings (SSSR count). The Kier molecular flexibility index (Phi) is 4.53. The van der Waals surface area contributed by atoms with E-state index in [1.54, 1.807) is 11.3 Å². The Hall–Kier alpha value is -2.21. The first-order valence-electron chi connectivity index (χ1n) is 8.82. The number of carbonyl (C=O) groups is 1. The van der Waals surface area contributed by atoms with Crippen molar-refractivity contribution < 1.29 is 4.79 Å². The average molecular weight is 354 g/mol. The van der Waals surface area contributed by atoms with Crippen LogP contribution in [-0.2, 0) is 11.2 Å². The summed E-state index contributed by atoms with van der Waals surface area (Å²) in [7, 11) is 0. The number of nitrogens with zero attached hydrogens (tertiary/aromatic N) is 4. The lowest BCUT2D eigenvalue weighted by Gasteiger charge is -2.32. The van der Waals surface area contributed by atoms with Gasteiger partial charge in [0.25, 0.3) is 0 Å². The lowest BCUT2D eigenvalue weighted by atomic mass is 9.93. The highest BCUT2D eigenvalue weighted by Crippen LogP contribution is 2.28. The Bertz CT molecular complexity index is 863. The SMILES string of the molecule is Cc1cc2nccc(C3CCN(C(=O)CCc4cccs4)CC3)n2n1. The van der Waals surface area contributed by atoms with Crippen molar-refractivity contribution in [3.63, 3.8) is 0 Å². The van der Waals surface area contributed by atoms with Crippen LogP contribution < -0.4 is 0 Å². The molecule has 3 aromatic rings. The highest BCUT2D eigenvalue weighted by atomic mass is 32.1. The van der Waals surface area contributed by atoms with E-state index in [1.165, 1.54) is 10.6 Å². The summed E-state index contributed by atoms with van der Waals surface area (Å²) in [5.41, 5.74) is 3.11. The van der Waals surface area contributed by atoms with Crippen molar-refractivity contribution in [3.8, 4) is 0 Å². The van der Waals surface area contributed by atoms with Crippen LogP contribution in [0.1, 0.15) is 41.4 Å². The molecule has 1 saturated heterocycles. The van der Waals surface area contributed by atoms with Crippen LogP contribution in [0.2, 0.25) is 0 Å². The van der Waals surface area contributed by atoms with E-state index >= 15 is 0 Å². The van der Waals surface area contributed by atoms with Gasteiger partial charge in [0.1, 0.15) is 0 Å². The van der Waals surface area contributed by atoms with Gasteiger partial charge in [0.2, 0.25) is 5.91 Å². The lowest BCUT2D eigenvalue weighted by molar-refractivity contribution is -0.132. The van der Waals surface area contributed by atoms with Crippen LogP contribution in [0, 0.1) is 6.92 Å². The summed E-state index contributed by atoms with van der Waals surface area (Å²) in [5, 5.41) is 6.64. The van der Waals surface area contributed by atoms with Crippen molar-refractivity contribution in [2.24, 2.45) is 0 Å². The summed E-state index contributed by atoms with van der Waals surface area (Å²) in [6, 6.07) is 8.22. The molecule has 3 aromatic heterocycles. The highest BCUT2D eigenvalue weighted by molar-refractivity contribution is 7.09. The fourth-order valence-corrected chi connectivity index (χ4v) is 4.31. The zero-order valence-corrected chi connectivity index (χ0v) is 15.2. The van der Waals surface area contributed by atoms with E-state index in [0.29, 0.717) is 12.3 Å². The van der Waals surface area contributed by atoms with E-state index < -0.39 is 0 Å². The minimum atomic E-state index is 0.279. The molecule has 0 aliphatic carbocycles. The standard InChI is InChI=1S/C19H22N4OS/c1-14-13-18-20-9-6-17(23(18)21-14)15-7-10-22(11-8-15)19(24)5-4-16-3-2-12-25-16/h2-3,6,9,12-13,15H,4-5,7-8,10-11H2,1H3. The van der Waals surface area contributed by atoms with Crippen molar-refractivity contribution in [2.45, 2.75) is 38.5 Å². The minimum absolute atomic E-state index is 0.279. The van der Waals surface area contributed by atoms with Gasteiger partial charge in [0.15, 0.2) is 5.65 Å². The number of aryl methyl sites for hydroxylation is 2. The van der Waals surface area contributed by atoms with E-state index in [0.717, 1.165) is 43.7 Å². The molecule has 1 amide bonds. The molecule has 0 atom stereocenters. The number of carbonyl (C=O) groups excluding carboxylic acids is 1. The van der Waals surface area contributed by atoms with Crippen LogP contribution in [0.5, 0.6) is 0 Å². The maximum atomic E-state index is 12.5. The first-order valence-corrected chi connectivity index (χ1v) is 9.70. The Morgan fingerprint density at radius 3 is 2.92 bits per heavy atom. The normalized spacial score (nSPS) is 15.8. The molecule has 0 aromatic carbocycles. The summed E-state index contributed by atoms with van der Waals surface area (Å²) in [6.45, 7) is 3.66. The predicted molar refractivity (Wildman–Crippen MR) is 98.9 cm³/mol. The van der Waals surface area contributed by atoms with Gasteiger partial charge in [-0.05, 0) is 43.7 Å². The molecular weight excluding hydrogens is 332 g/mol. The third-order valence-electron chi connectivity index (χ3n) is 4.94. The minimum Gasteiger partial charge on any atom is -0.343 e. The number of hydrogen-bond acceptors (Lipinski definition) is 4. The van der Waals surface area contributed by atoms with Crippen molar-refractivity contribution in [3.05, 3.63) is 52.1 Å². The topological polar surface area (TPSA) is 50.5 Å². The monoisotopic (exact) mass is 354 g/mol. The molecule has 0 saturated carbocycles. The van der Waals surface area contributed by atoms with E-state index in [2.05, 4.69) is 27.6 Å². The van der Waals surface area contributed by atoms with Gasteiger partial charge in [-0.2, -0.15) is 5.10 Å². The molecule has 0 bridgehead atoms. The second-order valence-electron chi connectivity index (χ2n) is 6.66. The van der Waals surface area contributed by atoms with E-state index in [9.17, 15) is 4.79 Å². The van der Waals surface area contributed by atoms with Gasteiger partial charge in [-0.1, -0.05) is 6.07 Å². The molecule has 1 fully saturated rings. The van der Waals surface area contributed by atoms with E-state index in [1.807, 2.05) is 34.7 Å². The van der Waals surface area contributed by atoms with Gasteiger partial charge < -0.3 is 4.90 Å². The molecule has 4 heterocycles. The molecule has 0 spiro atoms. The molecule has 0 N–H and O–H groups in total. The molecule has 0 unspecified atom stereocenters. The molecule has 5 nitrogen and oxygen atoms in total. The van der Waals surface area contributed by atoms with Gasteiger partial charge in [-0.15, -0.1) is 11.3 Å². The zero-order chi connectivity index (χ0) is 17.2. The predicted octanol–water partition coefficient (Wildman–Crippen LogP) is 3.44.